The van der Waals surface area contributed by atoms with Crippen LogP contribution in [0.2, 0.25) is 0 Å². The summed E-state index contributed by atoms with van der Waals surface area (Å²) in [5, 5.41) is 3.10. The first-order valence-electron chi connectivity index (χ1n) is 13.2. The maximum Gasteiger partial charge on any atom is 0.255 e. The van der Waals surface area contributed by atoms with E-state index in [-0.39, 0.29) is 5.91 Å². The van der Waals surface area contributed by atoms with Crippen LogP contribution in [0.25, 0.3) is 0 Å². The van der Waals surface area contributed by atoms with Gasteiger partial charge in [0.1, 0.15) is 5.75 Å². The molecule has 2 aliphatic heterocycles. The monoisotopic (exact) mass is 459 g/mol. The van der Waals surface area contributed by atoms with Crippen molar-refractivity contribution in [3.05, 3.63) is 53.6 Å². The highest BCUT2D eigenvalue weighted by molar-refractivity contribution is 6.04. The minimum absolute atomic E-state index is 0.0774. The van der Waals surface area contributed by atoms with Crippen molar-refractivity contribution in [2.75, 3.05) is 49.5 Å². The molecule has 2 saturated carbocycles. The molecule has 1 atom stereocenters. The average Bonchev–Trinajstić information content (AvgIpc) is 3.77. The van der Waals surface area contributed by atoms with E-state index >= 15 is 0 Å². The Kier molecular flexibility index (Phi) is 5.76. The minimum Gasteiger partial charge on any atom is -0.493 e. The van der Waals surface area contributed by atoms with Gasteiger partial charge in [-0.15, -0.1) is 0 Å². The molecule has 2 aromatic carbocycles. The molecule has 6 rings (SSSR count). The molecule has 0 bridgehead atoms. The number of likely N-dealkylation sites (tertiary alicyclic amines) is 1. The number of amides is 1. The highest BCUT2D eigenvalue weighted by Gasteiger charge is 2.44. The van der Waals surface area contributed by atoms with Crippen LogP contribution in [0.1, 0.15) is 54.4 Å². The van der Waals surface area contributed by atoms with Gasteiger partial charge in [0, 0.05) is 48.5 Å². The number of benzene rings is 2. The van der Waals surface area contributed by atoms with E-state index in [2.05, 4.69) is 40.2 Å². The largest absolute Gasteiger partial charge is 0.493 e. The molecule has 0 radical (unpaired) electrons. The van der Waals surface area contributed by atoms with Crippen LogP contribution in [-0.2, 0) is 0 Å². The number of carbonyl (C=O) groups excluding carboxylic acids is 1. The van der Waals surface area contributed by atoms with Gasteiger partial charge >= 0.3 is 0 Å². The molecule has 5 nitrogen and oxygen atoms in total. The summed E-state index contributed by atoms with van der Waals surface area (Å²) in [5.74, 6) is 2.47. The van der Waals surface area contributed by atoms with Gasteiger partial charge in [0.25, 0.3) is 5.91 Å². The molecule has 2 aromatic rings. The first-order valence-corrected chi connectivity index (χ1v) is 13.2. The van der Waals surface area contributed by atoms with Gasteiger partial charge < -0.3 is 19.9 Å². The number of rotatable bonds is 8. The fourth-order valence-electron chi connectivity index (χ4n) is 5.72. The van der Waals surface area contributed by atoms with Gasteiger partial charge in [0.2, 0.25) is 0 Å². The fraction of sp³-hybridized carbons (Fsp3) is 0.552. The molecule has 4 aliphatic rings. The van der Waals surface area contributed by atoms with Crippen molar-refractivity contribution in [2.45, 2.75) is 45.4 Å². The average molecular weight is 460 g/mol. The molecule has 2 saturated heterocycles. The predicted octanol–water partition coefficient (Wildman–Crippen LogP) is 5.35. The fourth-order valence-corrected chi connectivity index (χ4v) is 5.72. The maximum atomic E-state index is 12.8. The highest BCUT2D eigenvalue weighted by atomic mass is 16.5. The third-order valence-corrected chi connectivity index (χ3v) is 8.29. The minimum atomic E-state index is -0.0774. The molecule has 1 unspecified atom stereocenters. The Morgan fingerprint density at radius 2 is 1.76 bits per heavy atom. The highest BCUT2D eigenvalue weighted by Crippen LogP contribution is 2.43. The number of hydrogen-bond donors (Lipinski definition) is 1. The lowest BCUT2D eigenvalue weighted by Gasteiger charge is -2.26. The van der Waals surface area contributed by atoms with Crippen LogP contribution < -0.4 is 15.0 Å². The second-order valence-electron chi connectivity index (χ2n) is 11.3. The van der Waals surface area contributed by atoms with E-state index in [1.54, 1.807) is 0 Å². The third-order valence-electron chi connectivity index (χ3n) is 8.29. The summed E-state index contributed by atoms with van der Waals surface area (Å²) < 4.78 is 5.79. The Labute approximate surface area is 203 Å². The van der Waals surface area contributed by atoms with E-state index in [0.717, 1.165) is 48.5 Å². The van der Waals surface area contributed by atoms with Gasteiger partial charge in [-0.2, -0.15) is 0 Å². The van der Waals surface area contributed by atoms with Crippen molar-refractivity contribution < 1.29 is 9.53 Å². The number of carbonyl (C=O) groups is 1. The van der Waals surface area contributed by atoms with E-state index < -0.39 is 0 Å². The Hall–Kier alpha value is -2.53. The molecule has 1 N–H and O–H groups in total. The third kappa shape index (κ3) is 4.95. The van der Waals surface area contributed by atoms with Crippen LogP contribution in [-0.4, -0.2) is 50.1 Å². The van der Waals surface area contributed by atoms with Crippen molar-refractivity contribution in [3.8, 4) is 5.75 Å². The van der Waals surface area contributed by atoms with Gasteiger partial charge in [-0.1, -0.05) is 0 Å². The van der Waals surface area contributed by atoms with Crippen LogP contribution in [0.4, 0.5) is 11.4 Å². The molecule has 1 amide bonds. The number of ether oxygens (including phenoxy) is 1. The summed E-state index contributed by atoms with van der Waals surface area (Å²) in [6.07, 6.45) is 8.07. The van der Waals surface area contributed by atoms with Crippen molar-refractivity contribution in [1.29, 1.82) is 0 Å². The smallest absolute Gasteiger partial charge is 0.255 e. The van der Waals surface area contributed by atoms with Gasteiger partial charge in [-0.3, -0.25) is 4.79 Å². The summed E-state index contributed by atoms with van der Waals surface area (Å²) >= 11 is 0. The lowest BCUT2D eigenvalue weighted by Crippen LogP contribution is -2.31. The second kappa shape index (κ2) is 8.92. The molecular formula is C29H37N3O2. The molecule has 34 heavy (non-hydrogen) atoms. The lowest BCUT2D eigenvalue weighted by molar-refractivity contribution is 0.102. The number of nitrogens with zero attached hydrogens (tertiary/aromatic N) is 2. The zero-order chi connectivity index (χ0) is 23.1. The zero-order valence-corrected chi connectivity index (χ0v) is 20.4. The van der Waals surface area contributed by atoms with Crippen LogP contribution in [0, 0.1) is 24.2 Å². The Morgan fingerprint density at radius 3 is 2.50 bits per heavy atom. The molecule has 2 heterocycles. The summed E-state index contributed by atoms with van der Waals surface area (Å²) in [6.45, 7) is 9.05. The van der Waals surface area contributed by atoms with Gasteiger partial charge in [0.15, 0.2) is 0 Å². The topological polar surface area (TPSA) is 44.8 Å². The van der Waals surface area contributed by atoms with Crippen LogP contribution in [0.3, 0.4) is 0 Å². The van der Waals surface area contributed by atoms with Gasteiger partial charge in [-0.25, -0.2) is 0 Å². The first kappa shape index (κ1) is 22.0. The van der Waals surface area contributed by atoms with E-state index in [9.17, 15) is 4.79 Å². The summed E-state index contributed by atoms with van der Waals surface area (Å²) in [4.78, 5) is 18.1. The molecule has 1 spiro atoms. The van der Waals surface area contributed by atoms with Gasteiger partial charge in [-0.05, 0) is 112 Å². The lowest BCUT2D eigenvalue weighted by atomic mass is 9.86. The summed E-state index contributed by atoms with van der Waals surface area (Å²) in [5.41, 5.74) is 4.40. The molecule has 4 fully saturated rings. The zero-order valence-electron chi connectivity index (χ0n) is 20.4. The van der Waals surface area contributed by atoms with E-state index in [1.807, 2.05) is 24.3 Å². The van der Waals surface area contributed by atoms with Gasteiger partial charge in [0.05, 0.1) is 6.61 Å². The molecule has 2 aliphatic carbocycles. The second-order valence-corrected chi connectivity index (χ2v) is 11.3. The number of anilines is 2. The Morgan fingerprint density at radius 1 is 1.00 bits per heavy atom. The molecule has 0 aromatic heterocycles. The predicted molar refractivity (Wildman–Crippen MR) is 137 cm³/mol. The Bertz CT molecular complexity index is 1040. The van der Waals surface area contributed by atoms with E-state index in [0.29, 0.717) is 11.0 Å². The maximum absolute atomic E-state index is 12.8. The molecular weight excluding hydrogens is 422 g/mol. The summed E-state index contributed by atoms with van der Waals surface area (Å²) in [7, 11) is 0. The number of aryl methyl sites for hydroxylation is 1. The van der Waals surface area contributed by atoms with Crippen LogP contribution in [0.15, 0.2) is 42.5 Å². The number of nitrogens with one attached hydrogen (secondary N) is 1. The summed E-state index contributed by atoms with van der Waals surface area (Å²) in [6, 6.07) is 14.0. The van der Waals surface area contributed by atoms with Crippen molar-refractivity contribution in [2.24, 2.45) is 17.3 Å². The van der Waals surface area contributed by atoms with E-state index in [4.69, 9.17) is 4.74 Å². The quantitative estimate of drug-likeness (QED) is 0.578. The van der Waals surface area contributed by atoms with Crippen LogP contribution >= 0.6 is 0 Å². The standard InChI is InChI=1S/C29H37N3O2/c1-21-16-25(32-15-13-29(20-32)12-14-31(19-29)17-22-2-3-22)8-11-27(21)30-28(33)24-6-9-26(10-7-24)34-18-23-4-5-23/h6-11,16,22-23H,2-5,12-15,17-20H2,1H3,(H,30,33). The number of hydrogen-bond acceptors (Lipinski definition) is 4. The van der Waals surface area contributed by atoms with Crippen molar-refractivity contribution in [3.63, 3.8) is 0 Å². The van der Waals surface area contributed by atoms with Crippen molar-refractivity contribution in [1.82, 2.24) is 4.90 Å². The molecule has 180 valence electrons. The molecule has 5 heteroatoms. The Balaban J connectivity index is 1.05. The van der Waals surface area contributed by atoms with E-state index in [1.165, 1.54) is 63.8 Å². The first-order chi connectivity index (χ1) is 16.6. The van der Waals surface area contributed by atoms with Crippen LogP contribution in [0.5, 0.6) is 5.75 Å². The SMILES string of the molecule is Cc1cc(N2CCC3(CCN(CC4CC4)C3)C2)ccc1NC(=O)c1ccc(OCC2CC2)cc1. The normalized spacial score (nSPS) is 24.7. The van der Waals surface area contributed by atoms with Crippen molar-refractivity contribution >= 4 is 17.3 Å².